The summed E-state index contributed by atoms with van der Waals surface area (Å²) in [5.74, 6) is 0.351. The summed E-state index contributed by atoms with van der Waals surface area (Å²) < 4.78 is 0. The highest BCUT2D eigenvalue weighted by Crippen LogP contribution is 2.38. The third kappa shape index (κ3) is 2.75. The smallest absolute Gasteiger partial charge is 0.227 e. The minimum atomic E-state index is -0.139. The molecule has 2 rings (SSSR count). The van der Waals surface area contributed by atoms with E-state index in [9.17, 15) is 4.79 Å². The minimum absolute atomic E-state index is 0.00831. The molecule has 2 heterocycles. The zero-order chi connectivity index (χ0) is 14.4. The Bertz CT molecular complexity index is 446. The van der Waals surface area contributed by atoms with Crippen molar-refractivity contribution in [2.45, 2.75) is 53.5 Å². The van der Waals surface area contributed by atoms with Gasteiger partial charge in [-0.3, -0.25) is 9.79 Å². The molecule has 1 atom stereocenters. The lowest BCUT2D eigenvalue weighted by Gasteiger charge is -2.40. The first-order valence-electron chi connectivity index (χ1n) is 7.13. The maximum atomic E-state index is 12.9. The summed E-state index contributed by atoms with van der Waals surface area (Å²) in [5.41, 5.74) is 2.47. The molecule has 0 saturated carbocycles. The normalized spacial score (nSPS) is 24.8. The molecule has 0 saturated heterocycles. The van der Waals surface area contributed by atoms with E-state index in [1.54, 1.807) is 0 Å². The molecule has 2 aliphatic rings. The van der Waals surface area contributed by atoms with Gasteiger partial charge in [0, 0.05) is 24.2 Å². The number of nitrogens with zero attached hydrogens (tertiary/aromatic N) is 2. The van der Waals surface area contributed by atoms with Crippen molar-refractivity contribution in [1.82, 2.24) is 4.90 Å². The van der Waals surface area contributed by atoms with E-state index < -0.39 is 0 Å². The number of carbonyl (C=O) groups is 1. The highest BCUT2D eigenvalue weighted by atomic mass is 16.2. The van der Waals surface area contributed by atoms with E-state index in [2.05, 4.69) is 46.5 Å². The Kier molecular flexibility index (Phi) is 3.36. The predicted octanol–water partition coefficient (Wildman–Crippen LogP) is 3.06. The molecule has 1 unspecified atom stereocenters. The Balaban J connectivity index is 2.41. The van der Waals surface area contributed by atoms with Crippen LogP contribution in [-0.2, 0) is 4.79 Å². The van der Waals surface area contributed by atoms with E-state index in [-0.39, 0.29) is 16.9 Å². The van der Waals surface area contributed by atoms with Crippen molar-refractivity contribution in [2.75, 3.05) is 13.1 Å². The van der Waals surface area contributed by atoms with E-state index in [0.717, 1.165) is 13.0 Å². The molecule has 0 fully saturated rings. The number of hydrogen-bond donors (Lipinski definition) is 0. The van der Waals surface area contributed by atoms with Gasteiger partial charge >= 0.3 is 0 Å². The number of carbonyl (C=O) groups excluding carboxylic acids is 1. The van der Waals surface area contributed by atoms with Crippen molar-refractivity contribution < 1.29 is 4.79 Å². The Hall–Kier alpha value is -1.12. The average molecular weight is 262 g/mol. The molecule has 0 radical (unpaired) electrons. The van der Waals surface area contributed by atoms with Crippen molar-refractivity contribution in [2.24, 2.45) is 16.3 Å². The summed E-state index contributed by atoms with van der Waals surface area (Å²) in [6, 6.07) is 0. The fourth-order valence-electron chi connectivity index (χ4n) is 2.82. The van der Waals surface area contributed by atoms with Crippen LogP contribution >= 0.6 is 0 Å². The molecule has 0 aliphatic carbocycles. The molecule has 3 nitrogen and oxygen atoms in total. The summed E-state index contributed by atoms with van der Waals surface area (Å²) in [6.45, 7) is 14.3. The summed E-state index contributed by atoms with van der Waals surface area (Å²) in [4.78, 5) is 19.3. The lowest BCUT2D eigenvalue weighted by molar-refractivity contribution is -0.142. The zero-order valence-electron chi connectivity index (χ0n) is 13.1. The number of rotatable bonds is 0. The van der Waals surface area contributed by atoms with Gasteiger partial charge in [0.15, 0.2) is 0 Å². The van der Waals surface area contributed by atoms with Crippen LogP contribution in [0, 0.1) is 11.3 Å². The fourth-order valence-corrected chi connectivity index (χ4v) is 2.82. The van der Waals surface area contributed by atoms with Gasteiger partial charge in [0.2, 0.25) is 5.91 Å². The number of aliphatic imine (C=N–C) groups is 1. The van der Waals surface area contributed by atoms with Crippen molar-refractivity contribution in [1.29, 1.82) is 0 Å². The standard InChI is InChI=1S/C16H26N2O/c1-15(2,3)13-7-11-8-17-9-12(11)10-18(14(13)19)16(4,5)6/h9,13H,7-8,10H2,1-6H3. The van der Waals surface area contributed by atoms with Gasteiger partial charge in [-0.2, -0.15) is 0 Å². The Morgan fingerprint density at radius 3 is 2.37 bits per heavy atom. The summed E-state index contributed by atoms with van der Waals surface area (Å²) in [7, 11) is 0. The van der Waals surface area contributed by atoms with Gasteiger partial charge in [-0.25, -0.2) is 0 Å². The first-order chi connectivity index (χ1) is 8.60. The second-order valence-corrected chi connectivity index (χ2v) is 7.82. The van der Waals surface area contributed by atoms with Crippen LogP contribution in [-0.4, -0.2) is 35.7 Å². The molecular weight excluding hydrogens is 236 g/mol. The van der Waals surface area contributed by atoms with Crippen LogP contribution in [0.15, 0.2) is 16.1 Å². The summed E-state index contributed by atoms with van der Waals surface area (Å²) >= 11 is 0. The highest BCUT2D eigenvalue weighted by Gasteiger charge is 2.41. The molecular formula is C16H26N2O. The first-order valence-corrected chi connectivity index (χ1v) is 7.13. The predicted molar refractivity (Wildman–Crippen MR) is 79.4 cm³/mol. The zero-order valence-corrected chi connectivity index (χ0v) is 13.1. The van der Waals surface area contributed by atoms with Gasteiger partial charge in [-0.05, 0) is 43.8 Å². The third-order valence-corrected chi connectivity index (χ3v) is 4.18. The molecule has 106 valence electrons. The van der Waals surface area contributed by atoms with Crippen molar-refractivity contribution in [3.63, 3.8) is 0 Å². The Labute approximate surface area is 116 Å². The molecule has 0 N–H and O–H groups in total. The summed E-state index contributed by atoms with van der Waals surface area (Å²) in [6.07, 6.45) is 2.83. The molecule has 1 amide bonds. The van der Waals surface area contributed by atoms with Gasteiger partial charge in [0.25, 0.3) is 0 Å². The van der Waals surface area contributed by atoms with Gasteiger partial charge < -0.3 is 4.90 Å². The van der Waals surface area contributed by atoms with Gasteiger partial charge in [-0.15, -0.1) is 0 Å². The van der Waals surface area contributed by atoms with E-state index in [4.69, 9.17) is 0 Å². The quantitative estimate of drug-likeness (QED) is 0.660. The van der Waals surface area contributed by atoms with Crippen LogP contribution < -0.4 is 0 Å². The molecule has 0 aromatic carbocycles. The minimum Gasteiger partial charge on any atom is -0.333 e. The van der Waals surface area contributed by atoms with Gasteiger partial charge in [0.05, 0.1) is 6.54 Å². The van der Waals surface area contributed by atoms with Crippen LogP contribution in [0.3, 0.4) is 0 Å². The average Bonchev–Trinajstić information content (AvgIpc) is 2.60. The molecule has 0 aromatic rings. The van der Waals surface area contributed by atoms with Crippen LogP contribution in [0.2, 0.25) is 0 Å². The lowest BCUT2D eigenvalue weighted by Crippen LogP contribution is -2.50. The number of hydrogen-bond acceptors (Lipinski definition) is 2. The molecule has 2 aliphatic heterocycles. The maximum absolute atomic E-state index is 12.9. The SMILES string of the molecule is CC(C)(C)C1CC2=C(C=NC2)CN(C(C)(C)C)C1=O. The molecule has 3 heteroatoms. The molecule has 19 heavy (non-hydrogen) atoms. The van der Waals surface area contributed by atoms with E-state index in [1.807, 2.05) is 11.1 Å². The third-order valence-electron chi connectivity index (χ3n) is 4.18. The second-order valence-electron chi connectivity index (χ2n) is 7.82. The maximum Gasteiger partial charge on any atom is 0.227 e. The van der Waals surface area contributed by atoms with Gasteiger partial charge in [-0.1, -0.05) is 20.8 Å². The van der Waals surface area contributed by atoms with Crippen LogP contribution in [0.4, 0.5) is 0 Å². The van der Waals surface area contributed by atoms with Crippen LogP contribution in [0.5, 0.6) is 0 Å². The Morgan fingerprint density at radius 1 is 1.21 bits per heavy atom. The van der Waals surface area contributed by atoms with Crippen molar-refractivity contribution in [3.8, 4) is 0 Å². The second kappa shape index (κ2) is 4.46. The molecule has 0 bridgehead atoms. The first kappa shape index (κ1) is 14.3. The highest BCUT2D eigenvalue weighted by molar-refractivity contribution is 5.88. The topological polar surface area (TPSA) is 32.7 Å². The van der Waals surface area contributed by atoms with Crippen molar-refractivity contribution >= 4 is 12.1 Å². The van der Waals surface area contributed by atoms with Gasteiger partial charge in [0.1, 0.15) is 0 Å². The number of amides is 1. The summed E-state index contributed by atoms with van der Waals surface area (Å²) in [5, 5.41) is 0. The Morgan fingerprint density at radius 2 is 1.84 bits per heavy atom. The fraction of sp³-hybridized carbons (Fsp3) is 0.750. The van der Waals surface area contributed by atoms with E-state index in [1.165, 1.54) is 11.1 Å². The van der Waals surface area contributed by atoms with Crippen LogP contribution in [0.25, 0.3) is 0 Å². The van der Waals surface area contributed by atoms with Crippen LogP contribution in [0.1, 0.15) is 48.0 Å². The molecule has 0 aromatic heterocycles. The largest absolute Gasteiger partial charge is 0.333 e. The van der Waals surface area contributed by atoms with Crippen molar-refractivity contribution in [3.05, 3.63) is 11.1 Å². The molecule has 0 spiro atoms. The lowest BCUT2D eigenvalue weighted by atomic mass is 9.76. The van der Waals surface area contributed by atoms with E-state index in [0.29, 0.717) is 12.5 Å². The van der Waals surface area contributed by atoms with E-state index >= 15 is 0 Å². The monoisotopic (exact) mass is 262 g/mol.